The van der Waals surface area contributed by atoms with Crippen LogP contribution >= 0.6 is 23.2 Å². The molecule has 1 amide bonds. The van der Waals surface area contributed by atoms with Crippen molar-refractivity contribution in [1.82, 2.24) is 5.32 Å². The zero-order valence-corrected chi connectivity index (χ0v) is 11.5. The van der Waals surface area contributed by atoms with Gasteiger partial charge in [0.25, 0.3) is 0 Å². The van der Waals surface area contributed by atoms with Gasteiger partial charge in [-0.3, -0.25) is 4.79 Å². The summed E-state index contributed by atoms with van der Waals surface area (Å²) in [7, 11) is 0. The molecule has 1 aromatic carbocycles. The number of hydrogen-bond donors (Lipinski definition) is 1. The van der Waals surface area contributed by atoms with Gasteiger partial charge < -0.3 is 5.32 Å². The average Bonchev–Trinajstić information content (AvgIpc) is 2.80. The van der Waals surface area contributed by atoms with Gasteiger partial charge in [-0.2, -0.15) is 0 Å². The van der Waals surface area contributed by atoms with Gasteiger partial charge in [0, 0.05) is 23.0 Å². The molecule has 0 bridgehead atoms. The Morgan fingerprint density at radius 1 is 1.39 bits per heavy atom. The normalized spacial score (nSPS) is 18.0. The largest absolute Gasteiger partial charge is 0.352 e. The van der Waals surface area contributed by atoms with Crippen LogP contribution in [-0.2, 0) is 11.3 Å². The van der Waals surface area contributed by atoms with Crippen molar-refractivity contribution in [3.63, 3.8) is 0 Å². The van der Waals surface area contributed by atoms with Gasteiger partial charge in [0.2, 0.25) is 5.91 Å². The third-order valence-corrected chi connectivity index (χ3v) is 3.64. The van der Waals surface area contributed by atoms with Crippen LogP contribution in [0.3, 0.4) is 0 Å². The topological polar surface area (TPSA) is 29.1 Å². The maximum Gasteiger partial charge on any atom is 0.220 e. The third kappa shape index (κ3) is 3.76. The number of hydrogen-bond acceptors (Lipinski definition) is 1. The summed E-state index contributed by atoms with van der Waals surface area (Å²) < 4.78 is 0. The number of rotatable bonds is 4. The second-order valence-corrected chi connectivity index (χ2v) is 5.33. The molecule has 0 aliphatic heterocycles. The van der Waals surface area contributed by atoms with E-state index < -0.39 is 0 Å². The molecule has 18 heavy (non-hydrogen) atoms. The minimum absolute atomic E-state index is 0.0672. The first-order chi connectivity index (χ1) is 8.65. The summed E-state index contributed by atoms with van der Waals surface area (Å²) in [4.78, 5) is 11.7. The zero-order valence-electron chi connectivity index (χ0n) is 9.96. The van der Waals surface area contributed by atoms with Gasteiger partial charge in [0.05, 0.1) is 0 Å². The van der Waals surface area contributed by atoms with Crippen molar-refractivity contribution >= 4 is 29.1 Å². The first-order valence-electron chi connectivity index (χ1n) is 6.02. The summed E-state index contributed by atoms with van der Waals surface area (Å²) in [6, 6.07) is 5.29. The molecular formula is C14H15Cl2NO. The Hall–Kier alpha value is -0.990. The molecule has 1 aliphatic carbocycles. The number of amides is 1. The van der Waals surface area contributed by atoms with Crippen LogP contribution in [0.15, 0.2) is 30.4 Å². The molecule has 1 aromatic rings. The lowest BCUT2D eigenvalue weighted by Gasteiger charge is -2.09. The van der Waals surface area contributed by atoms with Crippen LogP contribution in [0.2, 0.25) is 10.0 Å². The van der Waals surface area contributed by atoms with Gasteiger partial charge in [-0.05, 0) is 36.5 Å². The van der Waals surface area contributed by atoms with Gasteiger partial charge >= 0.3 is 0 Å². The van der Waals surface area contributed by atoms with E-state index in [0.717, 1.165) is 18.4 Å². The van der Waals surface area contributed by atoms with Crippen molar-refractivity contribution < 1.29 is 4.79 Å². The molecule has 2 nitrogen and oxygen atoms in total. The van der Waals surface area contributed by atoms with Crippen LogP contribution in [0, 0.1) is 5.92 Å². The maximum atomic E-state index is 11.7. The lowest BCUT2D eigenvalue weighted by Crippen LogP contribution is -2.24. The molecule has 96 valence electrons. The molecule has 1 aliphatic rings. The number of nitrogens with one attached hydrogen (secondary N) is 1. The minimum Gasteiger partial charge on any atom is -0.352 e. The predicted octanol–water partition coefficient (Wildman–Crippen LogP) is 3.97. The van der Waals surface area contributed by atoms with Crippen LogP contribution in [0.4, 0.5) is 0 Å². The summed E-state index contributed by atoms with van der Waals surface area (Å²) in [6.07, 6.45) is 6.97. The summed E-state index contributed by atoms with van der Waals surface area (Å²) in [5, 5.41) is 4.08. The van der Waals surface area contributed by atoms with E-state index in [-0.39, 0.29) is 5.91 Å². The standard InChI is InChI=1S/C14H15Cl2NO/c15-12-6-5-11(13(16)8-12)9-17-14(18)7-10-3-1-2-4-10/h1,3,5-6,8,10H,2,4,7,9H2,(H,17,18). The van der Waals surface area contributed by atoms with E-state index in [9.17, 15) is 4.79 Å². The molecular weight excluding hydrogens is 269 g/mol. The van der Waals surface area contributed by atoms with E-state index >= 15 is 0 Å². The quantitative estimate of drug-likeness (QED) is 0.833. The van der Waals surface area contributed by atoms with E-state index in [1.165, 1.54) is 0 Å². The average molecular weight is 284 g/mol. The van der Waals surface area contributed by atoms with Gasteiger partial charge in [-0.1, -0.05) is 41.4 Å². The summed E-state index contributed by atoms with van der Waals surface area (Å²) in [6.45, 7) is 0.450. The van der Waals surface area contributed by atoms with Crippen LogP contribution in [0.1, 0.15) is 24.8 Å². The molecule has 0 fully saturated rings. The predicted molar refractivity (Wildman–Crippen MR) is 74.8 cm³/mol. The number of allylic oxidation sites excluding steroid dienone is 2. The van der Waals surface area contributed by atoms with E-state index in [2.05, 4.69) is 17.5 Å². The highest BCUT2D eigenvalue weighted by Crippen LogP contribution is 2.22. The fourth-order valence-corrected chi connectivity index (χ4v) is 2.51. The van der Waals surface area contributed by atoms with Crippen LogP contribution in [0.25, 0.3) is 0 Å². The smallest absolute Gasteiger partial charge is 0.220 e. The SMILES string of the molecule is O=C(CC1C=CCC1)NCc1ccc(Cl)cc1Cl. The highest BCUT2D eigenvalue weighted by molar-refractivity contribution is 6.35. The van der Waals surface area contributed by atoms with Gasteiger partial charge in [-0.15, -0.1) is 0 Å². The monoisotopic (exact) mass is 283 g/mol. The van der Waals surface area contributed by atoms with Crippen molar-refractivity contribution in [3.8, 4) is 0 Å². The van der Waals surface area contributed by atoms with E-state index in [0.29, 0.717) is 28.9 Å². The second kappa shape index (κ2) is 6.26. The maximum absolute atomic E-state index is 11.7. The van der Waals surface area contributed by atoms with Gasteiger partial charge in [0.1, 0.15) is 0 Å². The van der Waals surface area contributed by atoms with Crippen molar-refractivity contribution in [2.75, 3.05) is 0 Å². The fraction of sp³-hybridized carbons (Fsp3) is 0.357. The molecule has 0 spiro atoms. The number of halogens is 2. The van der Waals surface area contributed by atoms with E-state index in [4.69, 9.17) is 23.2 Å². The number of carbonyl (C=O) groups excluding carboxylic acids is 1. The van der Waals surface area contributed by atoms with Crippen molar-refractivity contribution in [3.05, 3.63) is 46.0 Å². The molecule has 1 N–H and O–H groups in total. The zero-order chi connectivity index (χ0) is 13.0. The lowest BCUT2D eigenvalue weighted by molar-refractivity contribution is -0.121. The van der Waals surface area contributed by atoms with E-state index in [1.54, 1.807) is 12.1 Å². The van der Waals surface area contributed by atoms with Crippen LogP contribution in [0.5, 0.6) is 0 Å². The lowest BCUT2D eigenvalue weighted by atomic mass is 10.1. The third-order valence-electron chi connectivity index (χ3n) is 3.05. The Kier molecular flexibility index (Phi) is 4.67. The summed E-state index contributed by atoms with van der Waals surface area (Å²) in [5.74, 6) is 0.461. The first kappa shape index (κ1) is 13.4. The van der Waals surface area contributed by atoms with Crippen LogP contribution in [-0.4, -0.2) is 5.91 Å². The van der Waals surface area contributed by atoms with Crippen molar-refractivity contribution in [1.29, 1.82) is 0 Å². The van der Waals surface area contributed by atoms with Crippen molar-refractivity contribution in [2.45, 2.75) is 25.8 Å². The Labute approximate surface area is 117 Å². The molecule has 0 saturated heterocycles. The van der Waals surface area contributed by atoms with Crippen LogP contribution < -0.4 is 5.32 Å². The van der Waals surface area contributed by atoms with E-state index in [1.807, 2.05) is 6.07 Å². The highest BCUT2D eigenvalue weighted by Gasteiger charge is 2.13. The molecule has 0 saturated carbocycles. The molecule has 0 radical (unpaired) electrons. The fourth-order valence-electron chi connectivity index (χ4n) is 2.03. The van der Waals surface area contributed by atoms with Gasteiger partial charge in [-0.25, -0.2) is 0 Å². The number of carbonyl (C=O) groups is 1. The Morgan fingerprint density at radius 2 is 2.22 bits per heavy atom. The molecule has 0 heterocycles. The summed E-state index contributed by atoms with van der Waals surface area (Å²) >= 11 is 11.8. The minimum atomic E-state index is 0.0672. The van der Waals surface area contributed by atoms with Crippen molar-refractivity contribution in [2.24, 2.45) is 5.92 Å². The highest BCUT2D eigenvalue weighted by atomic mass is 35.5. The van der Waals surface area contributed by atoms with Gasteiger partial charge in [0.15, 0.2) is 0 Å². The first-order valence-corrected chi connectivity index (χ1v) is 6.78. The molecule has 0 aromatic heterocycles. The Balaban J connectivity index is 1.83. The molecule has 1 unspecified atom stereocenters. The number of benzene rings is 1. The Morgan fingerprint density at radius 3 is 2.89 bits per heavy atom. The summed E-state index contributed by atoms with van der Waals surface area (Å²) in [5.41, 5.74) is 0.886. The molecule has 1 atom stereocenters. The molecule has 4 heteroatoms. The Bertz CT molecular complexity index is 471. The second-order valence-electron chi connectivity index (χ2n) is 4.48. The molecule has 2 rings (SSSR count).